The van der Waals surface area contributed by atoms with Crippen molar-refractivity contribution in [3.8, 4) is 6.01 Å². The summed E-state index contributed by atoms with van der Waals surface area (Å²) in [6.45, 7) is -1.36. The lowest BCUT2D eigenvalue weighted by Crippen LogP contribution is -2.21. The zero-order valence-electron chi connectivity index (χ0n) is 14.5. The van der Waals surface area contributed by atoms with Crippen molar-refractivity contribution in [3.05, 3.63) is 59.1 Å². The van der Waals surface area contributed by atoms with Crippen LogP contribution in [-0.4, -0.2) is 32.7 Å². The smallest absolute Gasteiger partial charge is 0.422 e. The molecule has 0 aliphatic carbocycles. The van der Waals surface area contributed by atoms with Gasteiger partial charge in [0.25, 0.3) is 0 Å². The second-order valence-electron chi connectivity index (χ2n) is 5.60. The number of aromatic nitrogens is 4. The number of hydrogen-bond donors (Lipinski definition) is 2. The molecule has 0 atom stereocenters. The average Bonchev–Trinajstić information content (AvgIpc) is 2.68. The predicted octanol–water partition coefficient (Wildman–Crippen LogP) is 4.36. The topological polar surface area (TPSA) is 84.9 Å². The van der Waals surface area contributed by atoms with Crippen LogP contribution in [-0.2, 0) is 6.54 Å². The van der Waals surface area contributed by atoms with Gasteiger partial charge < -0.3 is 15.4 Å². The molecule has 0 aliphatic heterocycles. The Hall–Kier alpha value is -3.21. The highest BCUT2D eigenvalue weighted by atomic mass is 35.5. The molecule has 2 heterocycles. The Morgan fingerprint density at radius 3 is 2.52 bits per heavy atom. The van der Waals surface area contributed by atoms with Gasteiger partial charge in [-0.3, -0.25) is 4.98 Å². The summed E-state index contributed by atoms with van der Waals surface area (Å²) < 4.78 is 55.3. The summed E-state index contributed by atoms with van der Waals surface area (Å²) >= 11 is 5.72. The lowest BCUT2D eigenvalue weighted by atomic mass is 10.3. The van der Waals surface area contributed by atoms with Crippen molar-refractivity contribution < 1.29 is 22.3 Å². The maximum Gasteiger partial charge on any atom is 0.422 e. The summed E-state index contributed by atoms with van der Waals surface area (Å²) in [5.41, 5.74) is 0.977. The number of rotatable bonds is 7. The molecule has 152 valence electrons. The molecule has 3 aromatic rings. The fourth-order valence-electron chi connectivity index (χ4n) is 2.08. The number of pyridine rings is 1. The van der Waals surface area contributed by atoms with E-state index in [4.69, 9.17) is 11.6 Å². The molecule has 7 nitrogen and oxygen atoms in total. The first-order valence-electron chi connectivity index (χ1n) is 8.10. The minimum atomic E-state index is -4.56. The molecule has 0 amide bonds. The number of alkyl halides is 3. The maximum absolute atomic E-state index is 13.3. The predicted molar refractivity (Wildman–Crippen MR) is 97.6 cm³/mol. The highest BCUT2D eigenvalue weighted by molar-refractivity contribution is 6.31. The van der Waals surface area contributed by atoms with Crippen LogP contribution < -0.4 is 15.4 Å². The SMILES string of the molecule is Fc1ccc(Nc2nc(NCc3ccccn3)nc(OCC(F)(F)F)n2)cc1Cl. The zero-order chi connectivity index (χ0) is 20.9. The van der Waals surface area contributed by atoms with Gasteiger partial charge in [-0.15, -0.1) is 0 Å². The molecule has 0 fully saturated rings. The van der Waals surface area contributed by atoms with Crippen molar-refractivity contribution in [2.75, 3.05) is 17.2 Å². The van der Waals surface area contributed by atoms with Crippen LogP contribution in [0.25, 0.3) is 0 Å². The molecule has 2 N–H and O–H groups in total. The maximum atomic E-state index is 13.3. The Labute approximate surface area is 167 Å². The van der Waals surface area contributed by atoms with E-state index in [0.29, 0.717) is 11.4 Å². The van der Waals surface area contributed by atoms with E-state index in [0.717, 1.165) is 6.07 Å². The lowest BCUT2D eigenvalue weighted by Gasteiger charge is -2.12. The summed E-state index contributed by atoms with van der Waals surface area (Å²) in [7, 11) is 0. The van der Waals surface area contributed by atoms with Crippen molar-refractivity contribution in [3.63, 3.8) is 0 Å². The van der Waals surface area contributed by atoms with Gasteiger partial charge in [0, 0.05) is 11.9 Å². The molecule has 0 saturated heterocycles. The Bertz CT molecular complexity index is 974. The van der Waals surface area contributed by atoms with Crippen molar-refractivity contribution in [2.45, 2.75) is 12.7 Å². The first kappa shape index (κ1) is 20.5. The third-order valence-corrected chi connectivity index (χ3v) is 3.60. The zero-order valence-corrected chi connectivity index (χ0v) is 15.3. The largest absolute Gasteiger partial charge is 0.454 e. The Balaban J connectivity index is 1.81. The Morgan fingerprint density at radius 2 is 1.83 bits per heavy atom. The summed E-state index contributed by atoms with van der Waals surface area (Å²) in [4.78, 5) is 15.8. The van der Waals surface area contributed by atoms with Gasteiger partial charge in [0.2, 0.25) is 11.9 Å². The van der Waals surface area contributed by atoms with Gasteiger partial charge in [0.05, 0.1) is 17.3 Å². The molecular weight excluding hydrogens is 416 g/mol. The minimum Gasteiger partial charge on any atom is -0.454 e. The van der Waals surface area contributed by atoms with Gasteiger partial charge in [0.1, 0.15) is 5.82 Å². The number of halogens is 5. The average molecular weight is 429 g/mol. The normalized spacial score (nSPS) is 11.2. The molecular formula is C17H13ClF4N6O. The van der Waals surface area contributed by atoms with Crippen LogP contribution in [0, 0.1) is 5.82 Å². The summed E-state index contributed by atoms with van der Waals surface area (Å²) in [5, 5.41) is 5.40. The van der Waals surface area contributed by atoms with Gasteiger partial charge >= 0.3 is 12.2 Å². The quantitative estimate of drug-likeness (QED) is 0.541. The molecule has 0 aliphatic rings. The fourth-order valence-corrected chi connectivity index (χ4v) is 2.26. The van der Waals surface area contributed by atoms with E-state index in [9.17, 15) is 17.6 Å². The third kappa shape index (κ3) is 6.42. The molecule has 1 aromatic carbocycles. The van der Waals surface area contributed by atoms with Crippen LogP contribution in [0.3, 0.4) is 0 Å². The van der Waals surface area contributed by atoms with E-state index in [1.807, 2.05) is 0 Å². The van der Waals surface area contributed by atoms with Crippen molar-refractivity contribution in [2.24, 2.45) is 0 Å². The lowest BCUT2D eigenvalue weighted by molar-refractivity contribution is -0.154. The molecule has 0 radical (unpaired) electrons. The van der Waals surface area contributed by atoms with Gasteiger partial charge in [-0.2, -0.15) is 28.1 Å². The van der Waals surface area contributed by atoms with Gasteiger partial charge in [-0.05, 0) is 30.3 Å². The Kier molecular flexibility index (Phi) is 6.27. The molecule has 3 rings (SSSR count). The number of nitrogens with zero attached hydrogens (tertiary/aromatic N) is 4. The van der Waals surface area contributed by atoms with E-state index in [1.165, 1.54) is 12.1 Å². The highest BCUT2D eigenvalue weighted by Gasteiger charge is 2.29. The minimum absolute atomic E-state index is 0.0430. The first-order chi connectivity index (χ1) is 13.8. The van der Waals surface area contributed by atoms with Crippen LogP contribution in [0.5, 0.6) is 6.01 Å². The standard InChI is InChI=1S/C17H13ClF4N6O/c18-12-7-10(4-5-13(12)19)25-15-26-14(24-8-11-3-1-2-6-23-11)27-16(28-15)29-9-17(20,21)22/h1-7H,8-9H2,(H2,24,25,26,27,28). The van der Waals surface area contributed by atoms with E-state index >= 15 is 0 Å². The van der Waals surface area contributed by atoms with E-state index < -0.39 is 24.6 Å². The van der Waals surface area contributed by atoms with Crippen LogP contribution in [0.1, 0.15) is 5.69 Å². The second kappa shape index (κ2) is 8.86. The molecule has 0 unspecified atom stereocenters. The number of hydrogen-bond acceptors (Lipinski definition) is 7. The summed E-state index contributed by atoms with van der Waals surface area (Å²) in [6.07, 6.45) is -2.97. The number of nitrogens with one attached hydrogen (secondary N) is 2. The van der Waals surface area contributed by atoms with Gasteiger partial charge in [0.15, 0.2) is 6.61 Å². The van der Waals surface area contributed by atoms with Crippen LogP contribution in [0.4, 0.5) is 35.1 Å². The van der Waals surface area contributed by atoms with E-state index in [1.54, 1.807) is 24.4 Å². The highest BCUT2D eigenvalue weighted by Crippen LogP contribution is 2.23. The van der Waals surface area contributed by atoms with Crippen molar-refractivity contribution >= 4 is 29.2 Å². The third-order valence-electron chi connectivity index (χ3n) is 3.31. The van der Waals surface area contributed by atoms with E-state index in [2.05, 4.69) is 35.3 Å². The monoisotopic (exact) mass is 428 g/mol. The number of anilines is 3. The van der Waals surface area contributed by atoms with Gasteiger partial charge in [-0.25, -0.2) is 4.39 Å². The molecule has 29 heavy (non-hydrogen) atoms. The van der Waals surface area contributed by atoms with Crippen molar-refractivity contribution in [1.82, 2.24) is 19.9 Å². The summed E-state index contributed by atoms with van der Waals surface area (Å²) in [6, 6.07) is 8.48. The van der Waals surface area contributed by atoms with E-state index in [-0.39, 0.29) is 23.5 Å². The van der Waals surface area contributed by atoms with Gasteiger partial charge in [-0.1, -0.05) is 17.7 Å². The van der Waals surface area contributed by atoms with Crippen LogP contribution >= 0.6 is 11.6 Å². The molecule has 0 bridgehead atoms. The Morgan fingerprint density at radius 1 is 1.03 bits per heavy atom. The van der Waals surface area contributed by atoms with Crippen LogP contribution in [0.15, 0.2) is 42.6 Å². The van der Waals surface area contributed by atoms with Crippen LogP contribution in [0.2, 0.25) is 5.02 Å². The molecule has 0 spiro atoms. The molecule has 12 heteroatoms. The number of benzene rings is 1. The second-order valence-corrected chi connectivity index (χ2v) is 6.00. The molecule has 0 saturated carbocycles. The fraction of sp³-hybridized carbons (Fsp3) is 0.176. The summed E-state index contributed by atoms with van der Waals surface area (Å²) in [5.74, 6) is -0.790. The first-order valence-corrected chi connectivity index (χ1v) is 8.48. The van der Waals surface area contributed by atoms with Crippen molar-refractivity contribution in [1.29, 1.82) is 0 Å². The molecule has 2 aromatic heterocycles. The number of ether oxygens (including phenoxy) is 1.